The summed E-state index contributed by atoms with van der Waals surface area (Å²) in [5, 5.41) is 3.07. The molecule has 198 valence electrons. The number of anilines is 2. The Morgan fingerprint density at radius 1 is 1.05 bits per heavy atom. The molecule has 8 nitrogen and oxygen atoms in total. The second kappa shape index (κ2) is 11.6. The second-order valence-electron chi connectivity index (χ2n) is 9.34. The van der Waals surface area contributed by atoms with Crippen molar-refractivity contribution >= 4 is 38.0 Å². The van der Waals surface area contributed by atoms with Gasteiger partial charge in [-0.1, -0.05) is 12.1 Å². The smallest absolute Gasteiger partial charge is 0.243 e. The lowest BCUT2D eigenvalue weighted by atomic mass is 10.1. The Hall–Kier alpha value is -2.95. The molecule has 0 amide bonds. The fourth-order valence-corrected chi connectivity index (χ4v) is 6.93. The molecule has 0 bridgehead atoms. The zero-order chi connectivity index (χ0) is 26.6. The zero-order valence-corrected chi connectivity index (χ0v) is 23.4. The molecule has 2 heterocycles. The number of methoxy groups -OCH3 is 1. The average Bonchev–Trinajstić information content (AvgIpc) is 3.42. The van der Waals surface area contributed by atoms with Gasteiger partial charge >= 0.3 is 0 Å². The van der Waals surface area contributed by atoms with Crippen LogP contribution in [0.25, 0.3) is 0 Å². The van der Waals surface area contributed by atoms with Gasteiger partial charge in [-0.05, 0) is 54.8 Å². The molecule has 0 saturated carbocycles. The first-order chi connectivity index (χ1) is 17.7. The number of hydrogen-bond acceptors (Lipinski definition) is 8. The molecule has 4 rings (SSSR count). The number of aromatic nitrogens is 1. The molecular formula is C27H34N4O4S2. The minimum Gasteiger partial charge on any atom is -0.497 e. The number of piperazine rings is 1. The summed E-state index contributed by atoms with van der Waals surface area (Å²) in [5.74, 6) is 0.630. The fraction of sp³-hybridized carbons (Fsp3) is 0.407. The van der Waals surface area contributed by atoms with Crippen molar-refractivity contribution in [1.29, 1.82) is 0 Å². The summed E-state index contributed by atoms with van der Waals surface area (Å²) in [4.78, 5) is 22.0. The number of nitrogens with zero attached hydrogens (tertiary/aromatic N) is 4. The highest BCUT2D eigenvalue weighted by atomic mass is 32.2. The van der Waals surface area contributed by atoms with Gasteiger partial charge in [0.05, 0.1) is 12.0 Å². The van der Waals surface area contributed by atoms with Gasteiger partial charge in [0, 0.05) is 69.9 Å². The Morgan fingerprint density at radius 2 is 1.68 bits per heavy atom. The third-order valence-corrected chi connectivity index (χ3v) is 9.71. The van der Waals surface area contributed by atoms with Crippen LogP contribution in [0.15, 0.2) is 52.9 Å². The minimum absolute atomic E-state index is 0.00929. The molecule has 1 aliphatic rings. The largest absolute Gasteiger partial charge is 0.497 e. The lowest BCUT2D eigenvalue weighted by Gasteiger charge is -2.36. The first-order valence-corrected chi connectivity index (χ1v) is 14.6. The highest BCUT2D eigenvalue weighted by Gasteiger charge is 2.26. The summed E-state index contributed by atoms with van der Waals surface area (Å²) in [7, 11) is -0.640. The number of ketones is 1. The maximum atomic E-state index is 13.2. The van der Waals surface area contributed by atoms with Crippen molar-refractivity contribution in [3.05, 3.63) is 64.7 Å². The zero-order valence-electron chi connectivity index (χ0n) is 21.8. The fourth-order valence-electron chi connectivity index (χ4n) is 4.66. The van der Waals surface area contributed by atoms with Crippen LogP contribution in [-0.2, 0) is 21.2 Å². The Balaban J connectivity index is 1.29. The van der Waals surface area contributed by atoms with E-state index in [1.54, 1.807) is 44.4 Å². The highest BCUT2D eigenvalue weighted by Crippen LogP contribution is 2.28. The number of sulfonamides is 1. The molecule has 1 aromatic heterocycles. The standard InChI is InChI=1S/C27H34N4O4S2/c1-20-17-25(35-4)18-21(2)26(20)37(33,34)29(3)11-9-24(32)19-22-5-7-23(8-6-22)30-12-14-31(15-13-30)27-28-10-16-36-27/h5-8,10,16-18H,9,11-15,19H2,1-4H3. The maximum absolute atomic E-state index is 13.2. The number of Topliss-reactive ketones (excluding diaryl/α,β-unsaturated/α-hetero) is 1. The van der Waals surface area contributed by atoms with Crippen molar-refractivity contribution in [3.8, 4) is 5.75 Å². The van der Waals surface area contributed by atoms with Crippen LogP contribution in [0.3, 0.4) is 0 Å². The Bertz CT molecular complexity index is 1290. The Kier molecular flexibility index (Phi) is 8.51. The van der Waals surface area contributed by atoms with Crippen molar-refractivity contribution in [2.75, 3.05) is 56.7 Å². The normalized spacial score (nSPS) is 14.3. The van der Waals surface area contributed by atoms with Crippen LogP contribution in [0.2, 0.25) is 0 Å². The molecule has 0 spiro atoms. The molecule has 1 aliphatic heterocycles. The van der Waals surface area contributed by atoms with Crippen molar-refractivity contribution < 1.29 is 17.9 Å². The summed E-state index contributed by atoms with van der Waals surface area (Å²) < 4.78 is 32.9. The highest BCUT2D eigenvalue weighted by molar-refractivity contribution is 7.89. The van der Waals surface area contributed by atoms with Crippen LogP contribution in [0, 0.1) is 13.8 Å². The van der Waals surface area contributed by atoms with E-state index >= 15 is 0 Å². The summed E-state index contributed by atoms with van der Waals surface area (Å²) >= 11 is 1.67. The quantitative estimate of drug-likeness (QED) is 0.384. The summed E-state index contributed by atoms with van der Waals surface area (Å²) in [6, 6.07) is 11.5. The second-order valence-corrected chi connectivity index (χ2v) is 12.2. The average molecular weight is 543 g/mol. The molecule has 1 saturated heterocycles. The number of rotatable bonds is 10. The lowest BCUT2D eigenvalue weighted by Crippen LogP contribution is -2.46. The number of hydrogen-bond donors (Lipinski definition) is 0. The minimum atomic E-state index is -3.72. The number of carbonyl (C=O) groups is 1. The Morgan fingerprint density at radius 3 is 2.24 bits per heavy atom. The van der Waals surface area contributed by atoms with Crippen LogP contribution < -0.4 is 14.5 Å². The van der Waals surface area contributed by atoms with Crippen LogP contribution in [0.4, 0.5) is 10.8 Å². The lowest BCUT2D eigenvalue weighted by molar-refractivity contribution is -0.118. The number of thiazole rings is 1. The van der Waals surface area contributed by atoms with Crippen molar-refractivity contribution in [3.63, 3.8) is 0 Å². The number of benzene rings is 2. The van der Waals surface area contributed by atoms with Crippen LogP contribution in [0.5, 0.6) is 5.75 Å². The van der Waals surface area contributed by atoms with E-state index in [2.05, 4.69) is 26.9 Å². The molecular weight excluding hydrogens is 508 g/mol. The summed E-state index contributed by atoms with van der Waals surface area (Å²) in [5.41, 5.74) is 3.33. The first-order valence-electron chi connectivity index (χ1n) is 12.3. The predicted octanol–water partition coefficient (Wildman–Crippen LogP) is 3.92. The number of carbonyl (C=O) groups excluding carboxylic acids is 1. The van der Waals surface area contributed by atoms with E-state index in [9.17, 15) is 13.2 Å². The van der Waals surface area contributed by atoms with E-state index in [4.69, 9.17) is 4.74 Å². The van der Waals surface area contributed by atoms with E-state index < -0.39 is 10.0 Å². The Labute approximate surface area is 223 Å². The van der Waals surface area contributed by atoms with E-state index in [1.165, 1.54) is 11.4 Å². The van der Waals surface area contributed by atoms with E-state index in [0.717, 1.165) is 42.6 Å². The van der Waals surface area contributed by atoms with E-state index in [1.807, 2.05) is 23.7 Å². The first kappa shape index (κ1) is 27.1. The summed E-state index contributed by atoms with van der Waals surface area (Å²) in [6.45, 7) is 7.35. The van der Waals surface area contributed by atoms with Crippen LogP contribution in [-0.4, -0.2) is 70.4 Å². The molecule has 1 fully saturated rings. The van der Waals surface area contributed by atoms with Gasteiger partial charge in [-0.3, -0.25) is 4.79 Å². The molecule has 3 aromatic rings. The number of aryl methyl sites for hydroxylation is 2. The van der Waals surface area contributed by atoms with Gasteiger partial charge in [-0.25, -0.2) is 17.7 Å². The van der Waals surface area contributed by atoms with Gasteiger partial charge in [0.15, 0.2) is 5.13 Å². The molecule has 0 N–H and O–H groups in total. The van der Waals surface area contributed by atoms with E-state index in [-0.39, 0.29) is 30.1 Å². The predicted molar refractivity (Wildman–Crippen MR) is 149 cm³/mol. The molecule has 0 atom stereocenters. The topological polar surface area (TPSA) is 83.0 Å². The van der Waals surface area contributed by atoms with E-state index in [0.29, 0.717) is 16.9 Å². The third kappa shape index (κ3) is 6.31. The summed E-state index contributed by atoms with van der Waals surface area (Å²) in [6.07, 6.45) is 2.28. The van der Waals surface area contributed by atoms with Gasteiger partial charge in [-0.2, -0.15) is 0 Å². The maximum Gasteiger partial charge on any atom is 0.243 e. The van der Waals surface area contributed by atoms with Crippen molar-refractivity contribution in [2.45, 2.75) is 31.6 Å². The molecule has 37 heavy (non-hydrogen) atoms. The third-order valence-electron chi connectivity index (χ3n) is 6.72. The molecule has 10 heteroatoms. The SMILES string of the molecule is COc1cc(C)c(S(=O)(=O)N(C)CCC(=O)Cc2ccc(N3CCN(c4nccs4)CC3)cc2)c(C)c1. The van der Waals surface area contributed by atoms with Gasteiger partial charge in [0.1, 0.15) is 11.5 Å². The van der Waals surface area contributed by atoms with Crippen molar-refractivity contribution in [2.24, 2.45) is 0 Å². The van der Waals surface area contributed by atoms with Gasteiger partial charge in [0.25, 0.3) is 0 Å². The van der Waals surface area contributed by atoms with Crippen molar-refractivity contribution in [1.82, 2.24) is 9.29 Å². The molecule has 0 unspecified atom stereocenters. The van der Waals surface area contributed by atoms with Gasteiger partial charge in [-0.15, -0.1) is 11.3 Å². The monoisotopic (exact) mass is 542 g/mol. The van der Waals surface area contributed by atoms with Crippen LogP contribution >= 0.6 is 11.3 Å². The molecule has 0 radical (unpaired) electrons. The molecule has 2 aromatic carbocycles. The van der Waals surface area contributed by atoms with Gasteiger partial charge in [0.2, 0.25) is 10.0 Å². The number of ether oxygens (including phenoxy) is 1. The molecule has 0 aliphatic carbocycles. The van der Waals surface area contributed by atoms with Crippen LogP contribution in [0.1, 0.15) is 23.1 Å². The van der Waals surface area contributed by atoms with Gasteiger partial charge < -0.3 is 14.5 Å².